The Kier molecular flexibility index (Phi) is 3.52. The van der Waals surface area contributed by atoms with E-state index >= 15 is 0 Å². The number of rotatable bonds is 4. The molecule has 0 aliphatic heterocycles. The maximum atomic E-state index is 11.6. The highest BCUT2D eigenvalue weighted by Gasteiger charge is 2.39. The Labute approximate surface area is 81.9 Å². The van der Waals surface area contributed by atoms with Crippen LogP contribution in [0.25, 0.3) is 0 Å². The Hall–Kier alpha value is -0.330. The molecule has 0 spiro atoms. The van der Waals surface area contributed by atoms with Crippen LogP contribution in [0.15, 0.2) is 0 Å². The van der Waals surface area contributed by atoms with E-state index in [0.717, 1.165) is 19.3 Å². The third-order valence-corrected chi connectivity index (χ3v) is 3.44. The van der Waals surface area contributed by atoms with Gasteiger partial charge >= 0.3 is 0 Å². The maximum absolute atomic E-state index is 11.6. The first-order chi connectivity index (χ1) is 6.08. The van der Waals surface area contributed by atoms with Gasteiger partial charge in [-0.15, -0.1) is 0 Å². The third kappa shape index (κ3) is 2.55. The quantitative estimate of drug-likeness (QED) is 0.607. The molecule has 0 amide bonds. The van der Waals surface area contributed by atoms with Crippen molar-refractivity contribution < 1.29 is 4.79 Å². The fourth-order valence-electron chi connectivity index (χ4n) is 2.38. The minimum Gasteiger partial charge on any atom is -0.299 e. The molecule has 0 aromatic rings. The zero-order valence-corrected chi connectivity index (χ0v) is 9.23. The van der Waals surface area contributed by atoms with Crippen LogP contribution in [-0.4, -0.2) is 5.78 Å². The zero-order chi connectivity index (χ0) is 9.90. The Bertz CT molecular complexity index is 182. The van der Waals surface area contributed by atoms with E-state index < -0.39 is 0 Å². The average Bonchev–Trinajstić information content (AvgIpc) is 2.31. The molecule has 1 aliphatic carbocycles. The standard InChI is InChI=1S/C12H22O/c1-4-5-6-7-10-11(13)8-9-12(10,2)3/h10H,4-9H2,1-3H3. The first kappa shape index (κ1) is 10.7. The van der Waals surface area contributed by atoms with E-state index in [2.05, 4.69) is 20.8 Å². The predicted octanol–water partition coefficient (Wildman–Crippen LogP) is 3.57. The van der Waals surface area contributed by atoms with Crippen molar-refractivity contribution >= 4 is 5.78 Å². The molecule has 1 atom stereocenters. The predicted molar refractivity (Wildman–Crippen MR) is 55.7 cm³/mol. The van der Waals surface area contributed by atoms with Gasteiger partial charge in [0, 0.05) is 12.3 Å². The lowest BCUT2D eigenvalue weighted by molar-refractivity contribution is -0.122. The summed E-state index contributed by atoms with van der Waals surface area (Å²) in [5.74, 6) is 0.875. The van der Waals surface area contributed by atoms with E-state index in [1.54, 1.807) is 0 Å². The van der Waals surface area contributed by atoms with Gasteiger partial charge in [-0.25, -0.2) is 0 Å². The van der Waals surface area contributed by atoms with Gasteiger partial charge in [0.05, 0.1) is 0 Å². The molecule has 13 heavy (non-hydrogen) atoms. The van der Waals surface area contributed by atoms with Gasteiger partial charge in [-0.3, -0.25) is 4.79 Å². The third-order valence-electron chi connectivity index (χ3n) is 3.44. The number of unbranched alkanes of at least 4 members (excludes halogenated alkanes) is 2. The molecule has 0 N–H and O–H groups in total. The Morgan fingerprint density at radius 1 is 1.38 bits per heavy atom. The van der Waals surface area contributed by atoms with Crippen LogP contribution >= 0.6 is 0 Å². The van der Waals surface area contributed by atoms with Crippen LogP contribution in [0.2, 0.25) is 0 Å². The van der Waals surface area contributed by atoms with Crippen molar-refractivity contribution in [3.8, 4) is 0 Å². The molecule has 1 unspecified atom stereocenters. The number of hydrogen-bond acceptors (Lipinski definition) is 1. The van der Waals surface area contributed by atoms with Crippen LogP contribution in [0.5, 0.6) is 0 Å². The van der Waals surface area contributed by atoms with Crippen LogP contribution in [0.1, 0.15) is 59.3 Å². The molecular formula is C12H22O. The Morgan fingerprint density at radius 2 is 2.08 bits per heavy atom. The first-order valence-electron chi connectivity index (χ1n) is 5.60. The second kappa shape index (κ2) is 4.26. The number of carbonyl (C=O) groups is 1. The van der Waals surface area contributed by atoms with Gasteiger partial charge in [0.2, 0.25) is 0 Å². The Balaban J connectivity index is 2.41. The summed E-state index contributed by atoms with van der Waals surface area (Å²) in [5, 5.41) is 0. The lowest BCUT2D eigenvalue weighted by atomic mass is 9.79. The smallest absolute Gasteiger partial charge is 0.136 e. The molecule has 1 aliphatic rings. The van der Waals surface area contributed by atoms with Crippen molar-refractivity contribution in [1.29, 1.82) is 0 Å². The minimum absolute atomic E-state index is 0.283. The van der Waals surface area contributed by atoms with Gasteiger partial charge in [0.25, 0.3) is 0 Å². The summed E-state index contributed by atoms with van der Waals surface area (Å²) in [6.07, 6.45) is 6.81. The van der Waals surface area contributed by atoms with Crippen molar-refractivity contribution in [3.05, 3.63) is 0 Å². The normalized spacial score (nSPS) is 26.7. The number of Topliss-reactive ketones (excluding diaryl/α,β-unsaturated/α-hetero) is 1. The highest BCUT2D eigenvalue weighted by Crippen LogP contribution is 2.42. The van der Waals surface area contributed by atoms with Gasteiger partial charge in [-0.05, 0) is 18.3 Å². The van der Waals surface area contributed by atoms with Gasteiger partial charge < -0.3 is 0 Å². The Morgan fingerprint density at radius 3 is 2.54 bits per heavy atom. The lowest BCUT2D eigenvalue weighted by Crippen LogP contribution is -2.22. The van der Waals surface area contributed by atoms with E-state index in [0.29, 0.717) is 11.7 Å². The van der Waals surface area contributed by atoms with E-state index in [9.17, 15) is 4.79 Å². The highest BCUT2D eigenvalue weighted by atomic mass is 16.1. The molecule has 1 fully saturated rings. The monoisotopic (exact) mass is 182 g/mol. The van der Waals surface area contributed by atoms with Gasteiger partial charge in [-0.1, -0.05) is 40.0 Å². The van der Waals surface area contributed by atoms with E-state index in [1.807, 2.05) is 0 Å². The largest absolute Gasteiger partial charge is 0.299 e. The molecule has 1 nitrogen and oxygen atoms in total. The number of hydrogen-bond donors (Lipinski definition) is 0. The SMILES string of the molecule is CCCCCC1C(=O)CCC1(C)C. The van der Waals surface area contributed by atoms with Crippen LogP contribution < -0.4 is 0 Å². The second-order valence-corrected chi connectivity index (χ2v) is 5.00. The van der Waals surface area contributed by atoms with E-state index in [4.69, 9.17) is 0 Å². The van der Waals surface area contributed by atoms with Crippen molar-refractivity contribution in [2.24, 2.45) is 11.3 Å². The van der Waals surface area contributed by atoms with Gasteiger partial charge in [0.1, 0.15) is 5.78 Å². The van der Waals surface area contributed by atoms with Crippen LogP contribution in [0, 0.1) is 11.3 Å². The molecule has 0 bridgehead atoms. The number of carbonyl (C=O) groups excluding carboxylic acids is 1. The highest BCUT2D eigenvalue weighted by molar-refractivity contribution is 5.84. The fraction of sp³-hybridized carbons (Fsp3) is 0.917. The van der Waals surface area contributed by atoms with Crippen molar-refractivity contribution in [2.75, 3.05) is 0 Å². The fourth-order valence-corrected chi connectivity index (χ4v) is 2.38. The summed E-state index contributed by atoms with van der Waals surface area (Å²) in [6.45, 7) is 6.70. The summed E-state index contributed by atoms with van der Waals surface area (Å²) in [6, 6.07) is 0. The molecule has 1 rings (SSSR count). The molecule has 0 heterocycles. The summed E-state index contributed by atoms with van der Waals surface area (Å²) in [4.78, 5) is 11.6. The molecule has 0 aromatic heterocycles. The topological polar surface area (TPSA) is 17.1 Å². The summed E-state index contributed by atoms with van der Waals surface area (Å²) in [7, 11) is 0. The minimum atomic E-state index is 0.283. The average molecular weight is 182 g/mol. The first-order valence-corrected chi connectivity index (χ1v) is 5.60. The summed E-state index contributed by atoms with van der Waals surface area (Å²) in [5.41, 5.74) is 0.283. The van der Waals surface area contributed by atoms with Crippen LogP contribution in [-0.2, 0) is 4.79 Å². The van der Waals surface area contributed by atoms with E-state index in [-0.39, 0.29) is 5.41 Å². The zero-order valence-electron chi connectivity index (χ0n) is 9.23. The van der Waals surface area contributed by atoms with Gasteiger partial charge in [-0.2, -0.15) is 0 Å². The number of ketones is 1. The molecule has 0 saturated heterocycles. The maximum Gasteiger partial charge on any atom is 0.136 e. The summed E-state index contributed by atoms with van der Waals surface area (Å²) < 4.78 is 0. The van der Waals surface area contributed by atoms with Crippen LogP contribution in [0.4, 0.5) is 0 Å². The van der Waals surface area contributed by atoms with Crippen LogP contribution in [0.3, 0.4) is 0 Å². The molecular weight excluding hydrogens is 160 g/mol. The van der Waals surface area contributed by atoms with E-state index in [1.165, 1.54) is 19.3 Å². The van der Waals surface area contributed by atoms with Crippen molar-refractivity contribution in [3.63, 3.8) is 0 Å². The molecule has 1 saturated carbocycles. The molecule has 76 valence electrons. The van der Waals surface area contributed by atoms with Gasteiger partial charge in [0.15, 0.2) is 0 Å². The molecule has 0 aromatic carbocycles. The molecule has 1 heteroatoms. The summed E-state index contributed by atoms with van der Waals surface area (Å²) >= 11 is 0. The second-order valence-electron chi connectivity index (χ2n) is 5.00. The van der Waals surface area contributed by atoms with Crippen molar-refractivity contribution in [1.82, 2.24) is 0 Å². The van der Waals surface area contributed by atoms with Crippen molar-refractivity contribution in [2.45, 2.75) is 59.3 Å². The lowest BCUT2D eigenvalue weighted by Gasteiger charge is -2.25. The molecule has 0 radical (unpaired) electrons.